The zero-order chi connectivity index (χ0) is 14.5. The molecule has 0 aromatic heterocycles. The lowest BCUT2D eigenvalue weighted by molar-refractivity contribution is -0.384. The number of thioether (sulfide) groups is 1. The van der Waals surface area contributed by atoms with Crippen LogP contribution >= 0.6 is 11.8 Å². The van der Waals surface area contributed by atoms with Crippen LogP contribution in [0.3, 0.4) is 0 Å². The van der Waals surface area contributed by atoms with E-state index in [0.717, 1.165) is 30.2 Å². The molecule has 2 N–H and O–H groups in total. The summed E-state index contributed by atoms with van der Waals surface area (Å²) in [5, 5.41) is 16.3. The first kappa shape index (κ1) is 14.7. The molecule has 2 rings (SSSR count). The van der Waals surface area contributed by atoms with Gasteiger partial charge in [-0.2, -0.15) is 11.8 Å². The number of hydrogen-bond donors (Lipinski definition) is 2. The molecule has 0 aliphatic carbocycles. The van der Waals surface area contributed by atoms with Crippen LogP contribution in [-0.4, -0.2) is 34.9 Å². The molecule has 1 fully saturated rings. The molecule has 0 spiro atoms. The summed E-state index contributed by atoms with van der Waals surface area (Å²) in [6.45, 7) is 0.822. The highest BCUT2D eigenvalue weighted by Gasteiger charge is 2.22. The van der Waals surface area contributed by atoms with E-state index in [9.17, 15) is 19.3 Å². The number of nitro benzene ring substituents is 1. The smallest absolute Gasteiger partial charge is 0.295 e. The van der Waals surface area contributed by atoms with Crippen molar-refractivity contribution in [3.63, 3.8) is 0 Å². The molecule has 1 heterocycles. The van der Waals surface area contributed by atoms with Gasteiger partial charge in [-0.15, -0.1) is 0 Å². The summed E-state index contributed by atoms with van der Waals surface area (Å²) in [5.41, 5.74) is -0.810. The van der Waals surface area contributed by atoms with Crippen LogP contribution in [0.4, 0.5) is 15.8 Å². The first-order valence-corrected chi connectivity index (χ1v) is 7.27. The minimum Gasteiger partial charge on any atom is -0.318 e. The highest BCUT2D eigenvalue weighted by Crippen LogP contribution is 2.27. The van der Waals surface area contributed by atoms with Crippen LogP contribution in [0.2, 0.25) is 0 Å². The minimum atomic E-state index is -0.807. The largest absolute Gasteiger partial charge is 0.318 e. The third-order valence-electron chi connectivity index (χ3n) is 2.88. The Kier molecular flexibility index (Phi) is 4.91. The summed E-state index contributed by atoms with van der Waals surface area (Å²) in [4.78, 5) is 22.0. The van der Waals surface area contributed by atoms with Crippen LogP contribution in [0.5, 0.6) is 0 Å². The third-order valence-corrected chi connectivity index (χ3v) is 4.01. The van der Waals surface area contributed by atoms with E-state index in [1.807, 2.05) is 0 Å². The van der Waals surface area contributed by atoms with Crippen molar-refractivity contribution in [1.29, 1.82) is 0 Å². The number of carbonyl (C=O) groups is 1. The second-order valence-corrected chi connectivity index (χ2v) is 5.52. The van der Waals surface area contributed by atoms with E-state index in [1.54, 1.807) is 11.8 Å². The van der Waals surface area contributed by atoms with Gasteiger partial charge in [-0.3, -0.25) is 14.9 Å². The molecular weight excluding hydrogens is 285 g/mol. The predicted molar refractivity (Wildman–Crippen MR) is 75.4 cm³/mol. The number of nitro groups is 1. The lowest BCUT2D eigenvalue weighted by Crippen LogP contribution is -2.40. The number of nitrogens with zero attached hydrogens (tertiary/aromatic N) is 1. The predicted octanol–water partition coefficient (Wildman–Crippen LogP) is 1.77. The molecule has 1 amide bonds. The first-order valence-electron chi connectivity index (χ1n) is 6.12. The second kappa shape index (κ2) is 6.67. The van der Waals surface area contributed by atoms with Gasteiger partial charge >= 0.3 is 0 Å². The van der Waals surface area contributed by atoms with Crippen molar-refractivity contribution in [2.45, 2.75) is 12.5 Å². The summed E-state index contributed by atoms with van der Waals surface area (Å²) in [5.74, 6) is 0.556. The van der Waals surface area contributed by atoms with Gasteiger partial charge in [0.2, 0.25) is 5.91 Å². The number of amides is 1. The van der Waals surface area contributed by atoms with Crippen LogP contribution in [0.25, 0.3) is 0 Å². The van der Waals surface area contributed by atoms with E-state index in [-0.39, 0.29) is 18.2 Å². The number of benzene rings is 1. The summed E-state index contributed by atoms with van der Waals surface area (Å²) in [7, 11) is 0. The summed E-state index contributed by atoms with van der Waals surface area (Å²) in [6, 6.07) is 3.49. The average Bonchev–Trinajstić information content (AvgIpc) is 2.42. The minimum absolute atomic E-state index is 0.0135. The van der Waals surface area contributed by atoms with Crippen molar-refractivity contribution in [2.24, 2.45) is 0 Å². The van der Waals surface area contributed by atoms with Gasteiger partial charge in [0, 0.05) is 36.6 Å². The van der Waals surface area contributed by atoms with Crippen molar-refractivity contribution in [3.8, 4) is 0 Å². The topological polar surface area (TPSA) is 84.3 Å². The fourth-order valence-corrected chi connectivity index (χ4v) is 2.90. The molecule has 20 heavy (non-hydrogen) atoms. The van der Waals surface area contributed by atoms with E-state index in [1.165, 1.54) is 6.07 Å². The van der Waals surface area contributed by atoms with Gasteiger partial charge in [-0.25, -0.2) is 4.39 Å². The molecule has 1 aromatic carbocycles. The van der Waals surface area contributed by atoms with E-state index in [2.05, 4.69) is 10.6 Å². The van der Waals surface area contributed by atoms with Gasteiger partial charge in [-0.1, -0.05) is 6.07 Å². The van der Waals surface area contributed by atoms with Crippen molar-refractivity contribution >= 4 is 29.0 Å². The zero-order valence-electron chi connectivity index (χ0n) is 10.6. The molecule has 0 radical (unpaired) electrons. The number of nitrogens with one attached hydrogen (secondary N) is 2. The summed E-state index contributed by atoms with van der Waals surface area (Å²) < 4.78 is 13.6. The quantitative estimate of drug-likeness (QED) is 0.654. The molecule has 0 saturated carbocycles. The van der Waals surface area contributed by atoms with Gasteiger partial charge in [0.15, 0.2) is 11.5 Å². The van der Waals surface area contributed by atoms with Gasteiger partial charge < -0.3 is 10.6 Å². The average molecular weight is 299 g/mol. The maximum absolute atomic E-state index is 13.6. The Morgan fingerprint density at radius 2 is 2.40 bits per heavy atom. The maximum Gasteiger partial charge on any atom is 0.295 e. The Hall–Kier alpha value is -1.67. The van der Waals surface area contributed by atoms with Crippen LogP contribution < -0.4 is 10.6 Å². The SMILES string of the molecule is O=C(CC1CSCCN1)Nc1c(F)cccc1[N+](=O)[O-]. The first-order chi connectivity index (χ1) is 9.58. The molecule has 6 nitrogen and oxygen atoms in total. The number of rotatable bonds is 4. The van der Waals surface area contributed by atoms with E-state index < -0.39 is 22.3 Å². The summed E-state index contributed by atoms with van der Waals surface area (Å²) in [6.07, 6.45) is 0.165. The van der Waals surface area contributed by atoms with Crippen molar-refractivity contribution in [3.05, 3.63) is 34.1 Å². The molecule has 8 heteroatoms. The lowest BCUT2D eigenvalue weighted by atomic mass is 10.2. The number of anilines is 1. The molecule has 0 bridgehead atoms. The number of hydrogen-bond acceptors (Lipinski definition) is 5. The van der Waals surface area contributed by atoms with Crippen molar-refractivity contribution in [2.75, 3.05) is 23.4 Å². The van der Waals surface area contributed by atoms with Gasteiger partial charge in [0.25, 0.3) is 5.69 Å². The van der Waals surface area contributed by atoms with E-state index in [4.69, 9.17) is 0 Å². The fourth-order valence-electron chi connectivity index (χ4n) is 1.95. The molecular formula is C12H14FN3O3S. The Morgan fingerprint density at radius 3 is 3.05 bits per heavy atom. The lowest BCUT2D eigenvalue weighted by Gasteiger charge is -2.22. The van der Waals surface area contributed by atoms with Gasteiger partial charge in [-0.05, 0) is 6.07 Å². The van der Waals surface area contributed by atoms with Crippen LogP contribution in [0.15, 0.2) is 18.2 Å². The van der Waals surface area contributed by atoms with Crippen LogP contribution in [0, 0.1) is 15.9 Å². The van der Waals surface area contributed by atoms with Gasteiger partial charge in [0.1, 0.15) is 0 Å². The standard InChI is InChI=1S/C12H14FN3O3S/c13-9-2-1-3-10(16(18)19)12(9)15-11(17)6-8-7-20-5-4-14-8/h1-3,8,14H,4-7H2,(H,15,17). The Morgan fingerprint density at radius 1 is 1.60 bits per heavy atom. The highest BCUT2D eigenvalue weighted by atomic mass is 32.2. The monoisotopic (exact) mass is 299 g/mol. The second-order valence-electron chi connectivity index (χ2n) is 4.37. The molecule has 1 atom stereocenters. The highest BCUT2D eigenvalue weighted by molar-refractivity contribution is 7.99. The Labute approximate surface area is 119 Å². The number of para-hydroxylation sites is 1. The molecule has 1 aliphatic heterocycles. The molecule has 1 aliphatic rings. The Balaban J connectivity index is 2.05. The molecule has 108 valence electrons. The van der Waals surface area contributed by atoms with Crippen molar-refractivity contribution in [1.82, 2.24) is 5.32 Å². The fraction of sp³-hybridized carbons (Fsp3) is 0.417. The Bertz CT molecular complexity index is 521. The molecule has 1 unspecified atom stereocenters. The van der Waals surface area contributed by atoms with Gasteiger partial charge in [0.05, 0.1) is 4.92 Å². The summed E-state index contributed by atoms with van der Waals surface area (Å²) >= 11 is 1.74. The normalized spacial score (nSPS) is 18.6. The van der Waals surface area contributed by atoms with E-state index >= 15 is 0 Å². The molecule has 1 saturated heterocycles. The van der Waals surface area contributed by atoms with E-state index in [0.29, 0.717) is 0 Å². The van der Waals surface area contributed by atoms with Crippen LogP contribution in [0.1, 0.15) is 6.42 Å². The maximum atomic E-state index is 13.6. The zero-order valence-corrected chi connectivity index (χ0v) is 11.4. The number of carbonyl (C=O) groups excluding carboxylic acids is 1. The van der Waals surface area contributed by atoms with Crippen molar-refractivity contribution < 1.29 is 14.1 Å². The molecule has 1 aromatic rings. The third kappa shape index (κ3) is 3.67. The number of halogens is 1. The van der Waals surface area contributed by atoms with Crippen LogP contribution in [-0.2, 0) is 4.79 Å².